The van der Waals surface area contributed by atoms with Crippen LogP contribution < -0.4 is 9.47 Å². The molecular formula is C28H34O13. The molecule has 13 heteroatoms. The summed E-state index contributed by atoms with van der Waals surface area (Å²) in [6.45, 7) is 2.45. The molecule has 11 atom stereocenters. The second-order valence-electron chi connectivity index (χ2n) is 10.6. The number of phenols is 2. The fourth-order valence-electron chi connectivity index (χ4n) is 5.26. The molecule has 2 fully saturated rings. The Balaban J connectivity index is 1.41. The van der Waals surface area contributed by atoms with Crippen molar-refractivity contribution in [1.82, 2.24) is 0 Å². The van der Waals surface area contributed by atoms with Crippen LogP contribution in [0.25, 0.3) is 0 Å². The van der Waals surface area contributed by atoms with Gasteiger partial charge in [0, 0.05) is 18.1 Å². The summed E-state index contributed by atoms with van der Waals surface area (Å²) in [5.74, 6) is -1.51. The predicted molar refractivity (Wildman–Crippen MR) is 137 cm³/mol. The van der Waals surface area contributed by atoms with E-state index in [0.29, 0.717) is 5.56 Å². The van der Waals surface area contributed by atoms with Crippen LogP contribution in [0.5, 0.6) is 23.0 Å². The summed E-state index contributed by atoms with van der Waals surface area (Å²) in [6.07, 6.45) is -12.4. The SMILES string of the molecule is CC1OC(OC2C(Oc3cc(O)c4c(c3)OC(c3ccc(O)cc3)CC4=O)OC(CO)C(O)C2O)C(C)C(O)C1O. The second-order valence-corrected chi connectivity index (χ2v) is 10.6. The number of fused-ring (bicyclic) bond motifs is 1. The first-order valence-electron chi connectivity index (χ1n) is 13.3. The maximum Gasteiger partial charge on any atom is 0.229 e. The third-order valence-corrected chi connectivity index (χ3v) is 7.75. The minimum absolute atomic E-state index is 0.0251. The van der Waals surface area contributed by atoms with Gasteiger partial charge >= 0.3 is 0 Å². The molecule has 2 aromatic rings. The Morgan fingerprint density at radius 2 is 1.61 bits per heavy atom. The van der Waals surface area contributed by atoms with Crippen molar-refractivity contribution in [1.29, 1.82) is 0 Å². The van der Waals surface area contributed by atoms with E-state index in [-0.39, 0.29) is 35.0 Å². The van der Waals surface area contributed by atoms with Gasteiger partial charge in [-0.2, -0.15) is 0 Å². The largest absolute Gasteiger partial charge is 0.508 e. The summed E-state index contributed by atoms with van der Waals surface area (Å²) in [6, 6.07) is 8.67. The van der Waals surface area contributed by atoms with E-state index in [1.54, 1.807) is 19.1 Å². The zero-order chi connectivity index (χ0) is 29.6. The zero-order valence-electron chi connectivity index (χ0n) is 22.3. The highest BCUT2D eigenvalue weighted by atomic mass is 16.7. The van der Waals surface area contributed by atoms with Crippen LogP contribution in [0.3, 0.4) is 0 Å². The first-order valence-corrected chi connectivity index (χ1v) is 13.3. The number of ketones is 1. The van der Waals surface area contributed by atoms with Gasteiger partial charge < -0.3 is 59.4 Å². The van der Waals surface area contributed by atoms with E-state index in [1.165, 1.54) is 25.1 Å². The average molecular weight is 579 g/mol. The molecule has 0 radical (unpaired) electrons. The lowest BCUT2D eigenvalue weighted by atomic mass is 9.92. The fraction of sp³-hybridized carbons (Fsp3) is 0.536. The number of aliphatic hydroxyl groups excluding tert-OH is 5. The molecule has 0 bridgehead atoms. The number of benzene rings is 2. The predicted octanol–water partition coefficient (Wildman–Crippen LogP) is 0.110. The van der Waals surface area contributed by atoms with Crippen molar-refractivity contribution in [3.05, 3.63) is 47.5 Å². The lowest BCUT2D eigenvalue weighted by Gasteiger charge is -2.46. The van der Waals surface area contributed by atoms with Crippen molar-refractivity contribution in [2.75, 3.05) is 6.61 Å². The average Bonchev–Trinajstić information content (AvgIpc) is 2.94. The Morgan fingerprint density at radius 1 is 0.902 bits per heavy atom. The first-order chi connectivity index (χ1) is 19.5. The van der Waals surface area contributed by atoms with Gasteiger partial charge in [0.1, 0.15) is 59.1 Å². The monoisotopic (exact) mass is 578 g/mol. The number of hydrogen-bond donors (Lipinski definition) is 7. The summed E-state index contributed by atoms with van der Waals surface area (Å²) in [5.41, 5.74) is 0.585. The van der Waals surface area contributed by atoms with Crippen molar-refractivity contribution >= 4 is 5.78 Å². The molecule has 0 spiro atoms. The lowest BCUT2D eigenvalue weighted by Crippen LogP contribution is -2.63. The van der Waals surface area contributed by atoms with Gasteiger partial charge in [-0.15, -0.1) is 0 Å². The molecule has 0 aromatic heterocycles. The number of aliphatic hydroxyl groups is 5. The topological polar surface area (TPSA) is 205 Å². The van der Waals surface area contributed by atoms with Gasteiger partial charge in [-0.05, 0) is 24.6 Å². The highest BCUT2D eigenvalue weighted by molar-refractivity contribution is 6.02. The van der Waals surface area contributed by atoms with Crippen LogP contribution in [0.4, 0.5) is 0 Å². The molecule has 5 rings (SSSR count). The number of Topliss-reactive ketones (excluding diaryl/α,β-unsaturated/α-hetero) is 1. The molecule has 11 unspecified atom stereocenters. The highest BCUT2D eigenvalue weighted by Gasteiger charge is 2.50. The lowest BCUT2D eigenvalue weighted by molar-refractivity contribution is -0.346. The Morgan fingerprint density at radius 3 is 2.29 bits per heavy atom. The van der Waals surface area contributed by atoms with Gasteiger partial charge in [-0.25, -0.2) is 0 Å². The zero-order valence-corrected chi connectivity index (χ0v) is 22.3. The maximum absolute atomic E-state index is 12.9. The van der Waals surface area contributed by atoms with Crippen LogP contribution in [-0.2, 0) is 14.2 Å². The summed E-state index contributed by atoms with van der Waals surface area (Å²) in [5, 5.41) is 71.9. The Labute approximate surface area is 235 Å². The molecule has 3 aliphatic heterocycles. The second kappa shape index (κ2) is 11.7. The van der Waals surface area contributed by atoms with Crippen LogP contribution >= 0.6 is 0 Å². The number of rotatable bonds is 6. The van der Waals surface area contributed by atoms with Crippen LogP contribution in [0.15, 0.2) is 36.4 Å². The quantitative estimate of drug-likeness (QED) is 0.243. The number of carbonyl (C=O) groups is 1. The van der Waals surface area contributed by atoms with Crippen molar-refractivity contribution in [2.24, 2.45) is 5.92 Å². The highest BCUT2D eigenvalue weighted by Crippen LogP contribution is 2.43. The molecule has 41 heavy (non-hydrogen) atoms. The van der Waals surface area contributed by atoms with Gasteiger partial charge in [-0.3, -0.25) is 4.79 Å². The summed E-state index contributed by atoms with van der Waals surface area (Å²) >= 11 is 0. The van der Waals surface area contributed by atoms with E-state index in [9.17, 15) is 40.5 Å². The van der Waals surface area contributed by atoms with E-state index in [4.69, 9.17) is 23.7 Å². The van der Waals surface area contributed by atoms with E-state index in [2.05, 4.69) is 0 Å². The van der Waals surface area contributed by atoms with Gasteiger partial charge in [0.2, 0.25) is 6.29 Å². The molecule has 224 valence electrons. The van der Waals surface area contributed by atoms with Crippen molar-refractivity contribution in [3.63, 3.8) is 0 Å². The Kier molecular flexibility index (Phi) is 8.41. The molecule has 0 amide bonds. The number of phenolic OH excluding ortho intramolecular Hbond substituents is 2. The molecule has 0 aliphatic carbocycles. The number of ether oxygens (including phenoxy) is 5. The van der Waals surface area contributed by atoms with E-state index in [1.807, 2.05) is 0 Å². The third kappa shape index (κ3) is 5.72. The smallest absolute Gasteiger partial charge is 0.229 e. The minimum Gasteiger partial charge on any atom is -0.508 e. The van der Waals surface area contributed by atoms with Crippen molar-refractivity contribution < 1.29 is 64.2 Å². The first kappa shape index (κ1) is 29.5. The Hall–Kier alpha value is -3.01. The van der Waals surface area contributed by atoms with Gasteiger partial charge in [-0.1, -0.05) is 19.1 Å². The standard InChI is InChI=1S/C28H34O13/c1-11-22(33)23(34)12(2)37-27(11)41-26-25(36)24(35)20(10-29)40-28(26)38-15-7-16(31)21-17(32)9-18(39-19(21)8-15)13-3-5-14(30)6-4-13/h3-8,11-12,18,20,22-31,33-36H,9-10H2,1-2H3. The van der Waals surface area contributed by atoms with Crippen LogP contribution in [0, 0.1) is 5.92 Å². The molecule has 0 saturated carbocycles. The van der Waals surface area contributed by atoms with E-state index >= 15 is 0 Å². The molecule has 3 heterocycles. The van der Waals surface area contributed by atoms with Crippen LogP contribution in [0.1, 0.15) is 42.3 Å². The molecule has 13 nitrogen and oxygen atoms in total. The molecular weight excluding hydrogens is 544 g/mol. The van der Waals surface area contributed by atoms with Crippen molar-refractivity contribution in [3.8, 4) is 23.0 Å². The van der Waals surface area contributed by atoms with Gasteiger partial charge in [0.05, 0.1) is 25.2 Å². The van der Waals surface area contributed by atoms with Crippen LogP contribution in [0.2, 0.25) is 0 Å². The minimum atomic E-state index is -1.64. The molecule has 2 saturated heterocycles. The molecule has 3 aliphatic rings. The van der Waals surface area contributed by atoms with Gasteiger partial charge in [0.25, 0.3) is 0 Å². The summed E-state index contributed by atoms with van der Waals surface area (Å²) in [7, 11) is 0. The molecule has 2 aromatic carbocycles. The summed E-state index contributed by atoms with van der Waals surface area (Å²) < 4.78 is 29.3. The fourth-order valence-corrected chi connectivity index (χ4v) is 5.26. The van der Waals surface area contributed by atoms with E-state index < -0.39 is 79.7 Å². The normalized spacial score (nSPS) is 37.2. The maximum atomic E-state index is 12.9. The number of hydrogen-bond acceptors (Lipinski definition) is 13. The van der Waals surface area contributed by atoms with Crippen LogP contribution in [-0.4, -0.2) is 103 Å². The molecule has 7 N–H and O–H groups in total. The van der Waals surface area contributed by atoms with Gasteiger partial charge in [0.15, 0.2) is 18.2 Å². The number of aromatic hydroxyl groups is 2. The third-order valence-electron chi connectivity index (χ3n) is 7.75. The van der Waals surface area contributed by atoms with Crippen molar-refractivity contribution in [2.45, 2.75) is 81.7 Å². The number of carbonyl (C=O) groups excluding carboxylic acids is 1. The summed E-state index contributed by atoms with van der Waals surface area (Å²) in [4.78, 5) is 12.9. The Bertz CT molecular complexity index is 1240. The van der Waals surface area contributed by atoms with E-state index in [0.717, 1.165) is 6.07 Å².